The first-order valence-electron chi connectivity index (χ1n) is 7.99. The molecule has 1 amide bonds. The van der Waals surface area contributed by atoms with Crippen molar-refractivity contribution in [1.29, 1.82) is 0 Å². The van der Waals surface area contributed by atoms with Crippen LogP contribution in [0.3, 0.4) is 0 Å². The first-order valence-corrected chi connectivity index (χ1v) is 10.1. The fourth-order valence-corrected chi connectivity index (χ4v) is 3.76. The van der Waals surface area contributed by atoms with Gasteiger partial charge >= 0.3 is 5.97 Å². The summed E-state index contributed by atoms with van der Waals surface area (Å²) in [6.07, 6.45) is 0. The van der Waals surface area contributed by atoms with E-state index in [-0.39, 0.29) is 23.3 Å². The molecule has 0 saturated carbocycles. The van der Waals surface area contributed by atoms with E-state index in [0.717, 1.165) is 23.1 Å². The van der Waals surface area contributed by atoms with Gasteiger partial charge in [-0.05, 0) is 5.56 Å². The minimum absolute atomic E-state index is 0.0275. The van der Waals surface area contributed by atoms with E-state index in [0.29, 0.717) is 10.9 Å². The lowest BCUT2D eigenvalue weighted by molar-refractivity contribution is -0.144. The quantitative estimate of drug-likeness (QED) is 0.320. The average Bonchev–Trinajstić information content (AvgIpc) is 2.65. The zero-order valence-electron chi connectivity index (χ0n) is 14.8. The summed E-state index contributed by atoms with van der Waals surface area (Å²) >= 11 is 2.62. The number of ether oxygens (including phenoxy) is 1. The van der Waals surface area contributed by atoms with E-state index in [1.165, 1.54) is 24.9 Å². The molecule has 10 heteroatoms. The van der Waals surface area contributed by atoms with E-state index in [2.05, 4.69) is 15.3 Å². The predicted molar refractivity (Wildman–Crippen MR) is 108 cm³/mol. The van der Waals surface area contributed by atoms with Gasteiger partial charge in [-0.15, -0.1) is 0 Å². The van der Waals surface area contributed by atoms with Crippen molar-refractivity contribution in [3.8, 4) is 0 Å². The number of hydrogen-bond donors (Lipinski definition) is 3. The highest BCUT2D eigenvalue weighted by Crippen LogP contribution is 2.17. The van der Waals surface area contributed by atoms with Crippen molar-refractivity contribution in [3.05, 3.63) is 42.0 Å². The molecule has 0 fully saturated rings. The molecule has 1 atom stereocenters. The summed E-state index contributed by atoms with van der Waals surface area (Å²) in [5.41, 5.74) is 12.3. The standard InChI is InChI=1S/C17H21N5O3S2/c1-25-16(24)12(9-26-8-11-5-3-2-4-6-11)20-15(23)10-27-17-21-13(18)7-14(19)22-17/h2-7,12H,8-10H2,1H3,(H,20,23)(H4,18,19,21,22)/t12-/m0/s1. The topological polar surface area (TPSA) is 133 Å². The number of anilines is 2. The summed E-state index contributed by atoms with van der Waals surface area (Å²) in [7, 11) is 1.29. The monoisotopic (exact) mass is 407 g/mol. The van der Waals surface area contributed by atoms with E-state index in [9.17, 15) is 9.59 Å². The lowest BCUT2D eigenvalue weighted by atomic mass is 10.2. The van der Waals surface area contributed by atoms with Crippen LogP contribution in [0.5, 0.6) is 0 Å². The number of thioether (sulfide) groups is 2. The fourth-order valence-electron chi connectivity index (χ4n) is 2.07. The number of nitrogens with zero attached hydrogens (tertiary/aromatic N) is 2. The molecule has 0 saturated heterocycles. The first kappa shape index (κ1) is 20.8. The Balaban J connectivity index is 1.84. The molecule has 0 aliphatic carbocycles. The Morgan fingerprint density at radius 1 is 1.19 bits per heavy atom. The SMILES string of the molecule is COC(=O)[C@H](CSCc1ccccc1)NC(=O)CSc1nc(N)cc(N)n1. The Bertz CT molecular complexity index is 756. The van der Waals surface area contributed by atoms with Crippen molar-refractivity contribution in [3.63, 3.8) is 0 Å². The maximum atomic E-state index is 12.2. The van der Waals surface area contributed by atoms with Gasteiger partial charge in [-0.2, -0.15) is 11.8 Å². The minimum Gasteiger partial charge on any atom is -0.467 e. The molecule has 0 spiro atoms. The predicted octanol–water partition coefficient (Wildman–Crippen LogP) is 1.32. The largest absolute Gasteiger partial charge is 0.467 e. The van der Waals surface area contributed by atoms with E-state index in [1.807, 2.05) is 30.3 Å². The number of esters is 1. The molecule has 0 bridgehead atoms. The van der Waals surface area contributed by atoms with Gasteiger partial charge < -0.3 is 21.5 Å². The maximum Gasteiger partial charge on any atom is 0.329 e. The normalized spacial score (nSPS) is 11.6. The van der Waals surface area contributed by atoms with Crippen LogP contribution in [0.4, 0.5) is 11.6 Å². The molecular weight excluding hydrogens is 386 g/mol. The van der Waals surface area contributed by atoms with Crippen molar-refractivity contribution in [2.75, 3.05) is 30.1 Å². The number of nitrogens with two attached hydrogens (primary N) is 2. The van der Waals surface area contributed by atoms with Gasteiger partial charge in [-0.1, -0.05) is 42.1 Å². The summed E-state index contributed by atoms with van der Waals surface area (Å²) in [6.45, 7) is 0. The zero-order valence-corrected chi connectivity index (χ0v) is 16.4. The second-order valence-corrected chi connectivity index (χ2v) is 7.41. The Hall–Kier alpha value is -2.46. The first-order chi connectivity index (χ1) is 13.0. The molecule has 0 radical (unpaired) electrons. The third-order valence-electron chi connectivity index (χ3n) is 3.29. The molecule has 2 rings (SSSR count). The highest BCUT2D eigenvalue weighted by Gasteiger charge is 2.21. The number of benzene rings is 1. The number of nitrogens with one attached hydrogen (secondary N) is 1. The van der Waals surface area contributed by atoms with Crippen LogP contribution in [0.15, 0.2) is 41.6 Å². The number of rotatable bonds is 9. The molecule has 8 nitrogen and oxygen atoms in total. The van der Waals surface area contributed by atoms with Crippen LogP contribution in [0.2, 0.25) is 0 Å². The minimum atomic E-state index is -0.733. The van der Waals surface area contributed by atoms with Gasteiger partial charge in [0.2, 0.25) is 5.91 Å². The van der Waals surface area contributed by atoms with Gasteiger partial charge in [0, 0.05) is 17.6 Å². The number of nitrogen functional groups attached to an aromatic ring is 2. The summed E-state index contributed by atoms with van der Waals surface area (Å²) in [6, 6.07) is 10.6. The summed E-state index contributed by atoms with van der Waals surface area (Å²) < 4.78 is 4.78. The number of amides is 1. The maximum absolute atomic E-state index is 12.2. The van der Waals surface area contributed by atoms with Crippen molar-refractivity contribution in [1.82, 2.24) is 15.3 Å². The number of hydrogen-bond acceptors (Lipinski definition) is 9. The summed E-state index contributed by atoms with van der Waals surface area (Å²) in [5.74, 6) is 0.804. The van der Waals surface area contributed by atoms with Crippen LogP contribution >= 0.6 is 23.5 Å². The van der Waals surface area contributed by atoms with Gasteiger partial charge in [-0.3, -0.25) is 4.79 Å². The number of carbonyl (C=O) groups is 2. The molecule has 27 heavy (non-hydrogen) atoms. The van der Waals surface area contributed by atoms with Crippen molar-refractivity contribution < 1.29 is 14.3 Å². The lowest BCUT2D eigenvalue weighted by Gasteiger charge is -2.16. The van der Waals surface area contributed by atoms with Crippen LogP contribution in [-0.2, 0) is 20.1 Å². The van der Waals surface area contributed by atoms with Gasteiger partial charge in [0.05, 0.1) is 12.9 Å². The van der Waals surface area contributed by atoms with Crippen LogP contribution in [0.25, 0.3) is 0 Å². The molecule has 1 aromatic carbocycles. The Kier molecular flexibility index (Phi) is 8.21. The lowest BCUT2D eigenvalue weighted by Crippen LogP contribution is -2.44. The average molecular weight is 408 g/mol. The Morgan fingerprint density at radius 2 is 1.85 bits per heavy atom. The van der Waals surface area contributed by atoms with Gasteiger partial charge in [-0.25, -0.2) is 14.8 Å². The summed E-state index contributed by atoms with van der Waals surface area (Å²) in [4.78, 5) is 32.1. The van der Waals surface area contributed by atoms with E-state index in [4.69, 9.17) is 16.2 Å². The molecule has 0 unspecified atom stereocenters. The second-order valence-electron chi connectivity index (χ2n) is 5.43. The number of aromatic nitrogens is 2. The molecular formula is C17H21N5O3S2. The molecule has 2 aromatic rings. The van der Waals surface area contributed by atoms with Crippen LogP contribution in [0.1, 0.15) is 5.56 Å². The van der Waals surface area contributed by atoms with Crippen LogP contribution in [-0.4, -0.2) is 46.5 Å². The number of methoxy groups -OCH3 is 1. The van der Waals surface area contributed by atoms with Gasteiger partial charge in [0.25, 0.3) is 0 Å². The molecule has 1 aromatic heterocycles. The highest BCUT2D eigenvalue weighted by molar-refractivity contribution is 7.99. The van der Waals surface area contributed by atoms with E-state index in [1.54, 1.807) is 0 Å². The molecule has 5 N–H and O–H groups in total. The summed E-state index contributed by atoms with van der Waals surface area (Å²) in [5, 5.41) is 2.98. The molecule has 0 aliphatic rings. The second kappa shape index (κ2) is 10.6. The smallest absolute Gasteiger partial charge is 0.329 e. The third-order valence-corrected chi connectivity index (χ3v) is 5.25. The Morgan fingerprint density at radius 3 is 2.48 bits per heavy atom. The van der Waals surface area contributed by atoms with Crippen molar-refractivity contribution >= 4 is 47.0 Å². The Labute approximate surface area is 165 Å². The van der Waals surface area contributed by atoms with Gasteiger partial charge in [0.1, 0.15) is 17.7 Å². The van der Waals surface area contributed by atoms with Crippen molar-refractivity contribution in [2.45, 2.75) is 17.0 Å². The number of carbonyl (C=O) groups excluding carboxylic acids is 2. The third kappa shape index (κ3) is 7.35. The van der Waals surface area contributed by atoms with E-state index >= 15 is 0 Å². The molecule has 0 aliphatic heterocycles. The fraction of sp³-hybridized carbons (Fsp3) is 0.294. The molecule has 144 valence electrons. The highest BCUT2D eigenvalue weighted by atomic mass is 32.2. The van der Waals surface area contributed by atoms with E-state index < -0.39 is 12.0 Å². The van der Waals surface area contributed by atoms with Crippen LogP contribution in [0, 0.1) is 0 Å². The van der Waals surface area contributed by atoms with Gasteiger partial charge in [0.15, 0.2) is 5.16 Å². The zero-order chi connectivity index (χ0) is 19.6. The van der Waals surface area contributed by atoms with Crippen molar-refractivity contribution in [2.24, 2.45) is 0 Å². The van der Waals surface area contributed by atoms with Crippen LogP contribution < -0.4 is 16.8 Å². The molecule has 1 heterocycles.